The molecule has 0 heterocycles. The Morgan fingerprint density at radius 1 is 1.62 bits per heavy atom. The predicted molar refractivity (Wildman–Crippen MR) is 52.4 cm³/mol. The van der Waals surface area contributed by atoms with Gasteiger partial charge in [-0.1, -0.05) is 24.2 Å². The van der Waals surface area contributed by atoms with Gasteiger partial charge >= 0.3 is 5.97 Å². The van der Waals surface area contributed by atoms with Gasteiger partial charge in [-0.15, -0.1) is 0 Å². The number of benzene rings is 1. The molecule has 1 aromatic carbocycles. The van der Waals surface area contributed by atoms with Gasteiger partial charge in [0.1, 0.15) is 13.6 Å². The zero-order chi connectivity index (χ0) is 9.84. The highest BCUT2D eigenvalue weighted by molar-refractivity contribution is 6.33. The van der Waals surface area contributed by atoms with Crippen LogP contribution in [-0.2, 0) is 4.79 Å². The average Bonchev–Trinajstić information content (AvgIpc) is 2.13. The smallest absolute Gasteiger partial charge is 0.335 e. The van der Waals surface area contributed by atoms with E-state index in [2.05, 4.69) is 6.58 Å². The highest BCUT2D eigenvalue weighted by Gasteiger charge is 2.03. The number of rotatable bonds is 2. The Morgan fingerprint density at radius 3 is 2.92 bits per heavy atom. The van der Waals surface area contributed by atoms with E-state index in [0.29, 0.717) is 11.2 Å². The molecule has 0 aliphatic carbocycles. The lowest BCUT2D eigenvalue weighted by atomic mass is 9.91. The van der Waals surface area contributed by atoms with Gasteiger partial charge in [0, 0.05) is 6.08 Å². The molecule has 1 rings (SSSR count). The first-order chi connectivity index (χ1) is 6.15. The third-order valence-corrected chi connectivity index (χ3v) is 1.70. The van der Waals surface area contributed by atoms with E-state index >= 15 is 0 Å². The summed E-state index contributed by atoms with van der Waals surface area (Å²) in [6.45, 7) is 5.10. The van der Waals surface area contributed by atoms with E-state index < -0.39 is 5.97 Å². The maximum absolute atomic E-state index is 10.9. The number of ether oxygens (including phenoxy) is 1. The Bertz CT molecular complexity index is 345. The highest BCUT2D eigenvalue weighted by atomic mass is 16.5. The molecule has 3 heteroatoms. The van der Waals surface area contributed by atoms with Crippen LogP contribution in [0.1, 0.15) is 5.56 Å². The van der Waals surface area contributed by atoms with Gasteiger partial charge < -0.3 is 4.74 Å². The maximum atomic E-state index is 10.9. The first kappa shape index (κ1) is 9.58. The van der Waals surface area contributed by atoms with Gasteiger partial charge in [0.15, 0.2) is 0 Å². The molecule has 0 saturated carbocycles. The fourth-order valence-electron chi connectivity index (χ4n) is 0.892. The van der Waals surface area contributed by atoms with Gasteiger partial charge in [0.25, 0.3) is 0 Å². The van der Waals surface area contributed by atoms with Crippen molar-refractivity contribution < 1.29 is 9.53 Å². The van der Waals surface area contributed by atoms with Gasteiger partial charge in [-0.2, -0.15) is 0 Å². The van der Waals surface area contributed by atoms with E-state index in [-0.39, 0.29) is 0 Å². The van der Waals surface area contributed by atoms with Crippen LogP contribution < -0.4 is 10.2 Å². The van der Waals surface area contributed by atoms with Crippen molar-refractivity contribution in [1.29, 1.82) is 0 Å². The second-order valence-electron chi connectivity index (χ2n) is 2.60. The van der Waals surface area contributed by atoms with Crippen molar-refractivity contribution >= 4 is 19.3 Å². The van der Waals surface area contributed by atoms with Crippen LogP contribution in [0.5, 0.6) is 5.75 Å². The minimum absolute atomic E-state index is 0.477. The molecule has 1 aromatic rings. The lowest BCUT2D eigenvalue weighted by Gasteiger charge is -2.07. The largest absolute Gasteiger partial charge is 0.423 e. The maximum Gasteiger partial charge on any atom is 0.335 e. The van der Waals surface area contributed by atoms with Gasteiger partial charge in [0.2, 0.25) is 0 Å². The molecule has 0 bridgehead atoms. The summed E-state index contributed by atoms with van der Waals surface area (Å²) in [5.41, 5.74) is 1.37. The summed E-state index contributed by atoms with van der Waals surface area (Å²) < 4.78 is 4.94. The molecule has 0 spiro atoms. The van der Waals surface area contributed by atoms with Crippen molar-refractivity contribution in [3.8, 4) is 5.75 Å². The van der Waals surface area contributed by atoms with E-state index in [9.17, 15) is 4.79 Å². The average molecular weight is 172 g/mol. The van der Waals surface area contributed by atoms with Crippen LogP contribution in [0.15, 0.2) is 30.9 Å². The lowest BCUT2D eigenvalue weighted by molar-refractivity contribution is -0.129. The van der Waals surface area contributed by atoms with Crippen LogP contribution in [0.4, 0.5) is 0 Å². The van der Waals surface area contributed by atoms with Crippen molar-refractivity contribution in [2.75, 3.05) is 0 Å². The van der Waals surface area contributed by atoms with Crippen molar-refractivity contribution in [3.63, 3.8) is 0 Å². The lowest BCUT2D eigenvalue weighted by Crippen LogP contribution is -2.11. The van der Waals surface area contributed by atoms with Crippen LogP contribution in [0.2, 0.25) is 0 Å². The topological polar surface area (TPSA) is 26.3 Å². The SMILES string of the molecule is [B]c1cccc(OC(=O)C=C)c1C. The number of carbonyl (C=O) groups excluding carboxylic acids is 1. The second kappa shape index (κ2) is 3.94. The molecule has 0 fully saturated rings. The Balaban J connectivity index is 2.95. The Morgan fingerprint density at radius 2 is 2.31 bits per heavy atom. The van der Waals surface area contributed by atoms with Crippen molar-refractivity contribution in [3.05, 3.63) is 36.4 Å². The molecule has 2 nitrogen and oxygen atoms in total. The van der Waals surface area contributed by atoms with E-state index in [0.717, 1.165) is 11.6 Å². The molecule has 64 valence electrons. The molecule has 0 aromatic heterocycles. The van der Waals surface area contributed by atoms with Crippen molar-refractivity contribution in [2.24, 2.45) is 0 Å². The zero-order valence-corrected chi connectivity index (χ0v) is 7.41. The molecular weight excluding hydrogens is 163 g/mol. The van der Waals surface area contributed by atoms with Crippen LogP contribution in [-0.4, -0.2) is 13.8 Å². The molecule has 0 aliphatic rings. The van der Waals surface area contributed by atoms with E-state index in [1.54, 1.807) is 25.1 Å². The van der Waals surface area contributed by atoms with E-state index in [1.807, 2.05) is 0 Å². The first-order valence-corrected chi connectivity index (χ1v) is 3.84. The molecule has 0 unspecified atom stereocenters. The summed E-state index contributed by atoms with van der Waals surface area (Å²) in [7, 11) is 5.62. The highest BCUT2D eigenvalue weighted by Crippen LogP contribution is 2.14. The molecule has 13 heavy (non-hydrogen) atoms. The van der Waals surface area contributed by atoms with E-state index in [1.165, 1.54) is 0 Å². The molecular formula is C10H9BO2. The fourth-order valence-corrected chi connectivity index (χ4v) is 0.892. The molecule has 0 saturated heterocycles. The molecule has 0 atom stereocenters. The van der Waals surface area contributed by atoms with Gasteiger partial charge in [0.05, 0.1) is 0 Å². The number of esters is 1. The zero-order valence-electron chi connectivity index (χ0n) is 7.41. The summed E-state index contributed by atoms with van der Waals surface area (Å²) in [5.74, 6) is -0.00130. The van der Waals surface area contributed by atoms with Crippen LogP contribution in [0.25, 0.3) is 0 Å². The summed E-state index contributed by atoms with van der Waals surface area (Å²) in [6, 6.07) is 5.17. The van der Waals surface area contributed by atoms with Gasteiger partial charge in [-0.25, -0.2) is 4.79 Å². The number of hydrogen-bond donors (Lipinski definition) is 0. The number of carbonyl (C=O) groups is 1. The summed E-state index contributed by atoms with van der Waals surface area (Å²) in [4.78, 5) is 10.9. The quantitative estimate of drug-likeness (QED) is 0.286. The van der Waals surface area contributed by atoms with Crippen LogP contribution in [0.3, 0.4) is 0 Å². The van der Waals surface area contributed by atoms with Crippen molar-refractivity contribution in [1.82, 2.24) is 0 Å². The van der Waals surface area contributed by atoms with Crippen LogP contribution >= 0.6 is 0 Å². The van der Waals surface area contributed by atoms with Crippen LogP contribution in [0, 0.1) is 6.92 Å². The third kappa shape index (κ3) is 2.21. The summed E-state index contributed by atoms with van der Waals surface area (Å²) in [6.07, 6.45) is 1.11. The molecule has 0 aliphatic heterocycles. The number of hydrogen-bond acceptors (Lipinski definition) is 2. The van der Waals surface area contributed by atoms with Gasteiger partial charge in [-0.3, -0.25) is 0 Å². The Kier molecular flexibility index (Phi) is 2.90. The van der Waals surface area contributed by atoms with Crippen molar-refractivity contribution in [2.45, 2.75) is 6.92 Å². The molecule has 0 N–H and O–H groups in total. The fraction of sp³-hybridized carbons (Fsp3) is 0.100. The second-order valence-corrected chi connectivity index (χ2v) is 2.60. The molecule has 2 radical (unpaired) electrons. The normalized spacial score (nSPS) is 9.31. The minimum atomic E-state index is -0.478. The third-order valence-electron chi connectivity index (χ3n) is 1.70. The standard InChI is InChI=1S/C10H9BO2/c1-3-10(12)13-9-6-4-5-8(11)7(9)2/h3-6H,1H2,2H3. The summed E-state index contributed by atoms with van der Waals surface area (Å²) in [5, 5.41) is 0. The Hall–Kier alpha value is -1.51. The van der Waals surface area contributed by atoms with E-state index in [4.69, 9.17) is 12.6 Å². The Labute approximate surface area is 78.6 Å². The van der Waals surface area contributed by atoms with Gasteiger partial charge in [-0.05, 0) is 18.6 Å². The molecule has 0 amide bonds. The minimum Gasteiger partial charge on any atom is -0.423 e. The monoisotopic (exact) mass is 172 g/mol. The predicted octanol–water partition coefficient (Wildman–Crippen LogP) is 0.880. The summed E-state index contributed by atoms with van der Waals surface area (Å²) >= 11 is 0. The first-order valence-electron chi connectivity index (χ1n) is 3.84.